The van der Waals surface area contributed by atoms with Crippen molar-refractivity contribution in [2.45, 2.75) is 47.0 Å². The van der Waals surface area contributed by atoms with Crippen LogP contribution in [0.4, 0.5) is 0 Å². The lowest BCUT2D eigenvalue weighted by atomic mass is 9.81. The van der Waals surface area contributed by atoms with Gasteiger partial charge in [-0.2, -0.15) is 0 Å². The maximum Gasteiger partial charge on any atom is 0.334 e. The standard InChI is InChI=1S/C17H26O4/c1-5-10-20-15(18)13-8-7-9-17(3,4)12-14(13)16(19)21-11-6-2/h7-9,14H,5-6,10-12H2,1-4H3. The molecule has 1 aliphatic carbocycles. The van der Waals surface area contributed by atoms with Gasteiger partial charge in [-0.05, 0) is 24.7 Å². The van der Waals surface area contributed by atoms with Gasteiger partial charge in [0.2, 0.25) is 0 Å². The Labute approximate surface area is 127 Å². The second kappa shape index (κ2) is 8.01. The number of carbonyl (C=O) groups excluding carboxylic acids is 2. The number of ether oxygens (including phenoxy) is 2. The monoisotopic (exact) mass is 294 g/mol. The smallest absolute Gasteiger partial charge is 0.334 e. The highest BCUT2D eigenvalue weighted by molar-refractivity contribution is 5.96. The number of allylic oxidation sites excluding steroid dienone is 3. The predicted octanol–water partition coefficient (Wildman–Crippen LogP) is 3.42. The van der Waals surface area contributed by atoms with Crippen molar-refractivity contribution in [1.29, 1.82) is 0 Å². The van der Waals surface area contributed by atoms with Crippen molar-refractivity contribution in [3.63, 3.8) is 0 Å². The summed E-state index contributed by atoms with van der Waals surface area (Å²) in [7, 11) is 0. The van der Waals surface area contributed by atoms with Gasteiger partial charge in [-0.1, -0.05) is 45.9 Å². The Kier molecular flexibility index (Phi) is 6.66. The molecule has 4 nitrogen and oxygen atoms in total. The first-order chi connectivity index (χ1) is 9.91. The number of carbonyl (C=O) groups is 2. The van der Waals surface area contributed by atoms with Crippen molar-refractivity contribution in [1.82, 2.24) is 0 Å². The average molecular weight is 294 g/mol. The molecule has 0 aliphatic heterocycles. The maximum absolute atomic E-state index is 12.3. The molecule has 0 heterocycles. The molecule has 0 saturated heterocycles. The predicted molar refractivity (Wildman–Crippen MR) is 81.6 cm³/mol. The summed E-state index contributed by atoms with van der Waals surface area (Å²) in [5, 5.41) is 0. The minimum Gasteiger partial charge on any atom is -0.465 e. The molecule has 1 rings (SSSR count). The first-order valence-corrected chi connectivity index (χ1v) is 7.64. The van der Waals surface area contributed by atoms with Crippen molar-refractivity contribution in [2.24, 2.45) is 11.3 Å². The van der Waals surface area contributed by atoms with Crippen LogP contribution in [0.15, 0.2) is 23.8 Å². The summed E-state index contributed by atoms with van der Waals surface area (Å²) in [6.07, 6.45) is 7.58. The molecule has 0 radical (unpaired) electrons. The normalized spacial score (nSPS) is 20.4. The van der Waals surface area contributed by atoms with E-state index in [0.717, 1.165) is 12.8 Å². The van der Waals surface area contributed by atoms with Crippen LogP contribution in [0.1, 0.15) is 47.0 Å². The fourth-order valence-electron chi connectivity index (χ4n) is 2.23. The summed E-state index contributed by atoms with van der Waals surface area (Å²) < 4.78 is 10.4. The molecule has 0 N–H and O–H groups in total. The highest BCUT2D eigenvalue weighted by Gasteiger charge is 2.35. The van der Waals surface area contributed by atoms with Crippen molar-refractivity contribution in [3.8, 4) is 0 Å². The lowest BCUT2D eigenvalue weighted by Crippen LogP contribution is -2.28. The molecule has 0 aromatic carbocycles. The molecule has 0 bridgehead atoms. The molecule has 4 heteroatoms. The summed E-state index contributed by atoms with van der Waals surface area (Å²) >= 11 is 0. The zero-order valence-corrected chi connectivity index (χ0v) is 13.5. The highest BCUT2D eigenvalue weighted by atomic mass is 16.5. The van der Waals surface area contributed by atoms with E-state index in [0.29, 0.717) is 25.2 Å². The van der Waals surface area contributed by atoms with Crippen molar-refractivity contribution in [2.75, 3.05) is 13.2 Å². The van der Waals surface area contributed by atoms with Crippen LogP contribution in [0.3, 0.4) is 0 Å². The number of hydrogen-bond acceptors (Lipinski definition) is 4. The summed E-state index contributed by atoms with van der Waals surface area (Å²) in [5.41, 5.74) is 0.227. The number of hydrogen-bond donors (Lipinski definition) is 0. The largest absolute Gasteiger partial charge is 0.465 e. The van der Waals surface area contributed by atoms with E-state index in [9.17, 15) is 9.59 Å². The second-order valence-corrected chi connectivity index (χ2v) is 6.03. The lowest BCUT2D eigenvalue weighted by Gasteiger charge is -2.25. The Morgan fingerprint density at radius 3 is 2.43 bits per heavy atom. The van der Waals surface area contributed by atoms with Crippen molar-refractivity contribution >= 4 is 11.9 Å². The molecular weight excluding hydrogens is 268 g/mol. The summed E-state index contributed by atoms with van der Waals surface area (Å²) in [6.45, 7) is 8.69. The van der Waals surface area contributed by atoms with E-state index in [1.54, 1.807) is 6.08 Å². The molecule has 0 amide bonds. The molecule has 118 valence electrons. The Morgan fingerprint density at radius 2 is 1.81 bits per heavy atom. The molecule has 1 unspecified atom stereocenters. The van der Waals surface area contributed by atoms with Crippen LogP contribution in [0.2, 0.25) is 0 Å². The second-order valence-electron chi connectivity index (χ2n) is 6.03. The average Bonchev–Trinajstić information content (AvgIpc) is 2.60. The topological polar surface area (TPSA) is 52.6 Å². The van der Waals surface area contributed by atoms with Crippen LogP contribution >= 0.6 is 0 Å². The lowest BCUT2D eigenvalue weighted by molar-refractivity contribution is -0.151. The van der Waals surface area contributed by atoms with Crippen LogP contribution in [-0.4, -0.2) is 25.2 Å². The Bertz CT molecular complexity index is 432. The minimum atomic E-state index is -0.564. The van der Waals surface area contributed by atoms with Crippen LogP contribution in [0, 0.1) is 11.3 Å². The summed E-state index contributed by atoms with van der Waals surface area (Å²) in [6, 6.07) is 0. The Hall–Kier alpha value is -1.58. The van der Waals surface area contributed by atoms with Crippen molar-refractivity contribution < 1.29 is 19.1 Å². The van der Waals surface area contributed by atoms with Gasteiger partial charge in [0.05, 0.1) is 24.7 Å². The zero-order valence-electron chi connectivity index (χ0n) is 13.5. The summed E-state index contributed by atoms with van der Waals surface area (Å²) in [4.78, 5) is 24.5. The van der Waals surface area contributed by atoms with Crippen molar-refractivity contribution in [3.05, 3.63) is 23.8 Å². The first-order valence-electron chi connectivity index (χ1n) is 7.64. The van der Waals surface area contributed by atoms with Gasteiger partial charge < -0.3 is 9.47 Å². The van der Waals surface area contributed by atoms with Gasteiger partial charge in [-0.15, -0.1) is 0 Å². The molecule has 0 aromatic heterocycles. The minimum absolute atomic E-state index is 0.167. The maximum atomic E-state index is 12.3. The fourth-order valence-corrected chi connectivity index (χ4v) is 2.23. The van der Waals surface area contributed by atoms with Gasteiger partial charge in [-0.25, -0.2) is 4.79 Å². The SMILES string of the molecule is CCCOC(=O)C1=CC=CC(C)(C)CC1C(=O)OCCC. The van der Waals surface area contributed by atoms with Crippen LogP contribution in [0.25, 0.3) is 0 Å². The van der Waals surface area contributed by atoms with Gasteiger partial charge in [0, 0.05) is 0 Å². The molecule has 21 heavy (non-hydrogen) atoms. The van der Waals surface area contributed by atoms with E-state index < -0.39 is 11.9 Å². The van der Waals surface area contributed by atoms with Gasteiger partial charge >= 0.3 is 11.9 Å². The third kappa shape index (κ3) is 5.37. The third-order valence-corrected chi connectivity index (χ3v) is 3.33. The quantitative estimate of drug-likeness (QED) is 0.704. The zero-order chi connectivity index (χ0) is 15.9. The van der Waals surface area contributed by atoms with E-state index in [2.05, 4.69) is 0 Å². The van der Waals surface area contributed by atoms with E-state index in [1.165, 1.54) is 0 Å². The Morgan fingerprint density at radius 1 is 1.19 bits per heavy atom. The van der Waals surface area contributed by atoms with E-state index in [4.69, 9.17) is 9.47 Å². The highest BCUT2D eigenvalue weighted by Crippen LogP contribution is 2.34. The van der Waals surface area contributed by atoms with E-state index >= 15 is 0 Å². The van der Waals surface area contributed by atoms with Crippen LogP contribution < -0.4 is 0 Å². The molecular formula is C17H26O4. The van der Waals surface area contributed by atoms with Gasteiger partial charge in [0.15, 0.2) is 0 Å². The molecule has 0 spiro atoms. The molecule has 0 saturated carbocycles. The van der Waals surface area contributed by atoms with Gasteiger partial charge in [-0.3, -0.25) is 4.79 Å². The fraction of sp³-hybridized carbons (Fsp3) is 0.647. The van der Waals surface area contributed by atoms with Crippen LogP contribution in [0.5, 0.6) is 0 Å². The van der Waals surface area contributed by atoms with Gasteiger partial charge in [0.1, 0.15) is 0 Å². The first kappa shape index (κ1) is 17.5. The van der Waals surface area contributed by atoms with E-state index in [-0.39, 0.29) is 11.4 Å². The third-order valence-electron chi connectivity index (χ3n) is 3.33. The Balaban J connectivity index is 2.93. The molecule has 0 fully saturated rings. The van der Waals surface area contributed by atoms with Gasteiger partial charge in [0.25, 0.3) is 0 Å². The number of esters is 2. The van der Waals surface area contributed by atoms with E-state index in [1.807, 2.05) is 39.8 Å². The van der Waals surface area contributed by atoms with Crippen LogP contribution in [-0.2, 0) is 19.1 Å². The molecule has 0 aromatic rings. The molecule has 1 aliphatic rings. The molecule has 1 atom stereocenters. The summed E-state index contributed by atoms with van der Waals surface area (Å²) in [5.74, 6) is -1.32. The number of rotatable bonds is 6.